The Kier molecular flexibility index (Phi) is 12.2. The number of aliphatic hydroxyl groups excluding tert-OH is 1. The lowest BCUT2D eigenvalue weighted by Gasteiger charge is -2.46. The first-order chi connectivity index (χ1) is 22.3. The summed E-state index contributed by atoms with van der Waals surface area (Å²) >= 11 is 2.62. The van der Waals surface area contributed by atoms with E-state index in [2.05, 4.69) is 0 Å². The SMILES string of the molecule is CCN(OC)C(=O)C(COC)SC[C@@H]1C[C@H](SC2=C(C(=O)O)N3C(=O)[C@H]([C@@H](C)O)[C@H]3[C@H]2C)CN1C(=O)OCc1ccc([N+](=O)[O-])cc1. The maximum Gasteiger partial charge on any atom is 0.410 e. The van der Waals surface area contributed by atoms with E-state index in [1.807, 2.05) is 6.92 Å². The Balaban J connectivity index is 1.53. The van der Waals surface area contributed by atoms with Gasteiger partial charge in [0.15, 0.2) is 0 Å². The van der Waals surface area contributed by atoms with Gasteiger partial charge in [0, 0.05) is 60.2 Å². The molecule has 258 valence electrons. The molecule has 2 saturated heterocycles. The number of likely N-dealkylation sites (tertiary alicyclic amines) is 1. The topological polar surface area (TPSA) is 189 Å². The molecule has 2 N–H and O–H groups in total. The number of hydrogen-bond acceptors (Lipinski definition) is 12. The molecule has 2 fully saturated rings. The molecule has 1 aromatic rings. The van der Waals surface area contributed by atoms with Crippen molar-refractivity contribution in [3.05, 3.63) is 50.5 Å². The number of β-lactam (4-membered cyclic amide) rings is 1. The van der Waals surface area contributed by atoms with Crippen LogP contribution in [-0.2, 0) is 35.3 Å². The smallest absolute Gasteiger partial charge is 0.410 e. The molecule has 0 saturated carbocycles. The number of benzene rings is 1. The van der Waals surface area contributed by atoms with E-state index in [9.17, 15) is 39.5 Å². The first kappa shape index (κ1) is 36.5. The number of rotatable bonds is 15. The van der Waals surface area contributed by atoms with E-state index in [0.717, 1.165) is 0 Å². The molecular formula is C30H40N4O11S2. The third-order valence-electron chi connectivity index (χ3n) is 8.56. The molecular weight excluding hydrogens is 656 g/mol. The number of carbonyl (C=O) groups excluding carboxylic acids is 3. The monoisotopic (exact) mass is 696 g/mol. The van der Waals surface area contributed by atoms with Crippen molar-refractivity contribution in [2.75, 3.05) is 39.7 Å². The second-order valence-corrected chi connectivity index (χ2v) is 14.1. The Bertz CT molecular complexity index is 1390. The van der Waals surface area contributed by atoms with Crippen LogP contribution in [0.2, 0.25) is 0 Å². The molecule has 7 atom stereocenters. The minimum Gasteiger partial charge on any atom is -0.477 e. The Hall–Kier alpha value is -3.38. The second kappa shape index (κ2) is 15.7. The highest BCUT2D eigenvalue weighted by molar-refractivity contribution is 8.03. The number of ether oxygens (including phenoxy) is 2. The van der Waals surface area contributed by atoms with Crippen LogP contribution in [0.1, 0.15) is 32.8 Å². The van der Waals surface area contributed by atoms with Crippen molar-refractivity contribution < 1.29 is 48.6 Å². The van der Waals surface area contributed by atoms with Gasteiger partial charge >= 0.3 is 12.1 Å². The van der Waals surface area contributed by atoms with Crippen molar-refractivity contribution in [3.63, 3.8) is 0 Å². The number of carboxylic acid groups (broad SMARTS) is 1. The fraction of sp³-hybridized carbons (Fsp3) is 0.600. The summed E-state index contributed by atoms with van der Waals surface area (Å²) in [7, 11) is 2.89. The first-order valence-electron chi connectivity index (χ1n) is 15.1. The predicted molar refractivity (Wildman–Crippen MR) is 172 cm³/mol. The average Bonchev–Trinajstić information content (AvgIpc) is 3.54. The number of amides is 3. The number of fused-ring (bicyclic) bond motifs is 1. The fourth-order valence-corrected chi connectivity index (χ4v) is 9.07. The van der Waals surface area contributed by atoms with Gasteiger partial charge in [-0.2, -0.15) is 0 Å². The van der Waals surface area contributed by atoms with Crippen LogP contribution in [0.3, 0.4) is 0 Å². The third-order valence-corrected chi connectivity index (χ3v) is 11.4. The number of aliphatic carboxylic acids is 1. The molecule has 0 aliphatic carbocycles. The number of nitrogens with zero attached hydrogens (tertiary/aromatic N) is 4. The largest absolute Gasteiger partial charge is 0.477 e. The van der Waals surface area contributed by atoms with Gasteiger partial charge in [0.25, 0.3) is 11.6 Å². The highest BCUT2D eigenvalue weighted by Gasteiger charge is 2.60. The molecule has 3 aliphatic heterocycles. The van der Waals surface area contributed by atoms with Crippen LogP contribution in [0.25, 0.3) is 0 Å². The number of non-ortho nitro benzene ring substituents is 1. The Morgan fingerprint density at radius 1 is 1.21 bits per heavy atom. The lowest BCUT2D eigenvalue weighted by molar-refractivity contribution is -0.384. The summed E-state index contributed by atoms with van der Waals surface area (Å²) in [5.74, 6) is -2.63. The van der Waals surface area contributed by atoms with Crippen molar-refractivity contribution in [1.29, 1.82) is 0 Å². The van der Waals surface area contributed by atoms with Crippen LogP contribution < -0.4 is 0 Å². The van der Waals surface area contributed by atoms with E-state index in [4.69, 9.17) is 14.3 Å². The quantitative estimate of drug-likeness (QED) is 0.155. The van der Waals surface area contributed by atoms with Crippen LogP contribution in [0.15, 0.2) is 34.9 Å². The number of methoxy groups -OCH3 is 1. The summed E-state index contributed by atoms with van der Waals surface area (Å²) in [6.07, 6.45) is -1.11. The Morgan fingerprint density at radius 2 is 1.89 bits per heavy atom. The number of thioether (sulfide) groups is 2. The maximum atomic E-state index is 13.5. The molecule has 15 nitrogen and oxygen atoms in total. The van der Waals surface area contributed by atoms with Gasteiger partial charge in [-0.1, -0.05) is 6.92 Å². The number of carboxylic acids is 1. The van der Waals surface area contributed by atoms with Crippen LogP contribution in [0.4, 0.5) is 10.5 Å². The van der Waals surface area contributed by atoms with Gasteiger partial charge in [-0.15, -0.1) is 23.5 Å². The summed E-state index contributed by atoms with van der Waals surface area (Å²) in [5, 5.41) is 31.6. The molecule has 0 bridgehead atoms. The van der Waals surface area contributed by atoms with Gasteiger partial charge in [0.2, 0.25) is 5.91 Å². The van der Waals surface area contributed by atoms with E-state index in [1.54, 1.807) is 11.8 Å². The van der Waals surface area contributed by atoms with Gasteiger partial charge in [-0.05, 0) is 38.0 Å². The van der Waals surface area contributed by atoms with Crippen molar-refractivity contribution in [1.82, 2.24) is 14.9 Å². The Morgan fingerprint density at radius 3 is 2.45 bits per heavy atom. The predicted octanol–water partition coefficient (Wildman–Crippen LogP) is 2.72. The third kappa shape index (κ3) is 7.69. The minimum absolute atomic E-state index is 0.0887. The lowest BCUT2D eigenvalue weighted by Crippen LogP contribution is -2.63. The van der Waals surface area contributed by atoms with E-state index in [0.29, 0.717) is 29.2 Å². The van der Waals surface area contributed by atoms with Gasteiger partial charge in [0.1, 0.15) is 17.6 Å². The standard InChI is InChI=1S/C30H40N4O11S2/c1-6-32(44-5)27(36)22(14-43-4)46-15-20-11-21(12-31(20)30(40)45-13-18-7-9-19(10-8-18)34(41)42)47-26-16(2)24-23(17(3)35)28(37)33(24)25(26)29(38)39/h7-10,16-17,20-24,35H,6,11-15H2,1-5H3,(H,38,39)/t16-,17-,20+,21+,22?,23-,24-/m1/s1. The summed E-state index contributed by atoms with van der Waals surface area (Å²) in [6, 6.07) is 4.79. The lowest BCUT2D eigenvalue weighted by atomic mass is 9.79. The summed E-state index contributed by atoms with van der Waals surface area (Å²) in [4.78, 5) is 70.7. The number of aliphatic hydroxyl groups is 1. The van der Waals surface area contributed by atoms with E-state index in [-0.39, 0.29) is 48.2 Å². The number of nitro groups is 1. The molecule has 0 aromatic heterocycles. The van der Waals surface area contributed by atoms with Crippen LogP contribution in [-0.4, -0.2) is 122 Å². The zero-order chi connectivity index (χ0) is 34.6. The molecule has 47 heavy (non-hydrogen) atoms. The van der Waals surface area contributed by atoms with Crippen molar-refractivity contribution in [3.8, 4) is 0 Å². The summed E-state index contributed by atoms with van der Waals surface area (Å²) in [6.45, 7) is 5.66. The summed E-state index contributed by atoms with van der Waals surface area (Å²) in [5.41, 5.74) is 0.377. The van der Waals surface area contributed by atoms with Crippen LogP contribution in [0.5, 0.6) is 0 Å². The zero-order valence-electron chi connectivity index (χ0n) is 26.8. The fourth-order valence-electron chi connectivity index (χ4n) is 6.25. The highest BCUT2D eigenvalue weighted by Crippen LogP contribution is 2.52. The van der Waals surface area contributed by atoms with E-state index < -0.39 is 52.2 Å². The average molecular weight is 697 g/mol. The molecule has 3 aliphatic rings. The minimum atomic E-state index is -1.23. The van der Waals surface area contributed by atoms with Crippen molar-refractivity contribution in [2.24, 2.45) is 11.8 Å². The van der Waals surface area contributed by atoms with Crippen molar-refractivity contribution >= 4 is 53.1 Å². The number of carbonyl (C=O) groups is 4. The second-order valence-electron chi connectivity index (χ2n) is 11.5. The van der Waals surface area contributed by atoms with Crippen molar-refractivity contribution in [2.45, 2.75) is 62.5 Å². The number of hydrogen-bond donors (Lipinski definition) is 2. The Labute approximate surface area is 280 Å². The number of nitro benzene ring substituents is 1. The highest BCUT2D eigenvalue weighted by atomic mass is 32.2. The summed E-state index contributed by atoms with van der Waals surface area (Å²) < 4.78 is 10.9. The molecule has 4 rings (SSSR count). The molecule has 3 amide bonds. The molecule has 0 radical (unpaired) electrons. The van der Waals surface area contributed by atoms with Gasteiger partial charge in [0.05, 0.1) is 36.7 Å². The van der Waals surface area contributed by atoms with E-state index >= 15 is 0 Å². The molecule has 1 aromatic carbocycles. The molecule has 1 unspecified atom stereocenters. The molecule has 0 spiro atoms. The van der Waals surface area contributed by atoms with Gasteiger partial charge < -0.3 is 29.5 Å². The maximum absolute atomic E-state index is 13.5. The first-order valence-corrected chi connectivity index (χ1v) is 17.0. The van der Waals surface area contributed by atoms with Gasteiger partial charge in [-0.3, -0.25) is 24.5 Å². The van der Waals surface area contributed by atoms with E-state index in [1.165, 1.54) is 78.9 Å². The molecule has 3 heterocycles. The number of hydroxylamine groups is 2. The normalized spacial score (nSPS) is 24.9. The zero-order valence-corrected chi connectivity index (χ0v) is 28.4. The van der Waals surface area contributed by atoms with Gasteiger partial charge in [-0.25, -0.2) is 14.7 Å². The van der Waals surface area contributed by atoms with Crippen LogP contribution in [0, 0.1) is 22.0 Å². The van der Waals surface area contributed by atoms with Crippen LogP contribution >= 0.6 is 23.5 Å². The molecule has 17 heteroatoms.